The highest BCUT2D eigenvalue weighted by Crippen LogP contribution is 2.20. The van der Waals surface area contributed by atoms with Crippen molar-refractivity contribution in [3.05, 3.63) is 59.4 Å². The summed E-state index contributed by atoms with van der Waals surface area (Å²) in [6.07, 6.45) is -1.00. The van der Waals surface area contributed by atoms with Crippen molar-refractivity contribution in [2.24, 2.45) is 0 Å². The van der Waals surface area contributed by atoms with E-state index < -0.39 is 35.3 Å². The first-order valence-corrected chi connectivity index (χ1v) is 6.92. The molecule has 0 fully saturated rings. The average molecular weight is 340 g/mol. The van der Waals surface area contributed by atoms with Gasteiger partial charge in [0.25, 0.3) is 0 Å². The lowest BCUT2D eigenvalue weighted by molar-refractivity contribution is 0.175. The molecule has 0 saturated heterocycles. The van der Waals surface area contributed by atoms with Crippen LogP contribution in [0.3, 0.4) is 0 Å². The molecule has 1 atom stereocenters. The maximum Gasteiger partial charge on any atom is 0.319 e. The lowest BCUT2D eigenvalue weighted by Crippen LogP contribution is -2.32. The molecule has 3 N–H and O–H groups in total. The van der Waals surface area contributed by atoms with Crippen LogP contribution in [0.5, 0.6) is 5.75 Å². The quantitative estimate of drug-likeness (QED) is 0.733. The topological polar surface area (TPSA) is 70.6 Å². The highest BCUT2D eigenvalue weighted by Gasteiger charge is 2.16. The van der Waals surface area contributed by atoms with Crippen LogP contribution in [0.1, 0.15) is 11.7 Å². The Bertz CT molecular complexity index is 723. The van der Waals surface area contributed by atoms with Crippen molar-refractivity contribution >= 4 is 11.7 Å². The molecule has 8 heteroatoms. The highest BCUT2D eigenvalue weighted by atomic mass is 19.2. The van der Waals surface area contributed by atoms with Crippen molar-refractivity contribution < 1.29 is 27.8 Å². The zero-order chi connectivity index (χ0) is 17.7. The number of rotatable bonds is 5. The first kappa shape index (κ1) is 17.6. The van der Waals surface area contributed by atoms with E-state index in [4.69, 9.17) is 4.74 Å². The summed E-state index contributed by atoms with van der Waals surface area (Å²) in [7, 11) is 1.51. The minimum atomic E-state index is -1.67. The Kier molecular flexibility index (Phi) is 5.64. The predicted molar refractivity (Wildman–Crippen MR) is 81.3 cm³/mol. The SMILES string of the molecule is COc1ccc(C(O)CNC(=O)Nc2ccc(F)c(F)c2F)cc1. The van der Waals surface area contributed by atoms with Gasteiger partial charge in [-0.1, -0.05) is 12.1 Å². The minimum absolute atomic E-state index is 0.163. The number of carbonyl (C=O) groups excluding carboxylic acids is 1. The summed E-state index contributed by atoms with van der Waals surface area (Å²) in [5.41, 5.74) is 0.0282. The number of aliphatic hydroxyl groups is 1. The Morgan fingerprint density at radius 3 is 2.42 bits per heavy atom. The summed E-state index contributed by atoms with van der Waals surface area (Å²) in [5.74, 6) is -3.91. The largest absolute Gasteiger partial charge is 0.497 e. The molecule has 128 valence electrons. The maximum absolute atomic E-state index is 13.4. The van der Waals surface area contributed by atoms with E-state index in [1.165, 1.54) is 7.11 Å². The second-order valence-electron chi connectivity index (χ2n) is 4.85. The number of nitrogens with one attached hydrogen (secondary N) is 2. The first-order chi connectivity index (χ1) is 11.4. The van der Waals surface area contributed by atoms with E-state index in [0.29, 0.717) is 17.4 Å². The Hall–Kier alpha value is -2.74. The van der Waals surface area contributed by atoms with Crippen LogP contribution < -0.4 is 15.4 Å². The van der Waals surface area contributed by atoms with E-state index in [9.17, 15) is 23.1 Å². The molecule has 2 rings (SSSR count). The number of halogens is 3. The fraction of sp³-hybridized carbons (Fsp3) is 0.188. The van der Waals surface area contributed by atoms with Crippen molar-refractivity contribution in [3.63, 3.8) is 0 Å². The van der Waals surface area contributed by atoms with E-state index >= 15 is 0 Å². The molecule has 0 aromatic heterocycles. The van der Waals surface area contributed by atoms with Gasteiger partial charge in [-0.25, -0.2) is 18.0 Å². The van der Waals surface area contributed by atoms with Gasteiger partial charge in [0.1, 0.15) is 5.75 Å². The monoisotopic (exact) mass is 340 g/mol. The number of aliphatic hydroxyl groups excluding tert-OH is 1. The van der Waals surface area contributed by atoms with E-state index in [0.717, 1.165) is 6.07 Å². The molecule has 2 aromatic rings. The van der Waals surface area contributed by atoms with Gasteiger partial charge in [0.2, 0.25) is 0 Å². The summed E-state index contributed by atoms with van der Waals surface area (Å²) >= 11 is 0. The van der Waals surface area contributed by atoms with Gasteiger partial charge in [-0.15, -0.1) is 0 Å². The summed E-state index contributed by atoms with van der Waals surface area (Å²) < 4.78 is 44.3. The molecule has 0 aliphatic heterocycles. The summed E-state index contributed by atoms with van der Waals surface area (Å²) in [6.45, 7) is -0.163. The second kappa shape index (κ2) is 7.69. The van der Waals surface area contributed by atoms with Gasteiger partial charge in [0.15, 0.2) is 17.5 Å². The summed E-state index contributed by atoms with van der Waals surface area (Å²) in [4.78, 5) is 11.7. The van der Waals surface area contributed by atoms with Crippen LogP contribution in [-0.2, 0) is 0 Å². The molecule has 0 spiro atoms. The van der Waals surface area contributed by atoms with E-state index in [1.54, 1.807) is 24.3 Å². The Labute approximate surface area is 136 Å². The number of carbonyl (C=O) groups is 1. The smallest absolute Gasteiger partial charge is 0.319 e. The van der Waals surface area contributed by atoms with Gasteiger partial charge in [-0.3, -0.25) is 0 Å². The number of benzene rings is 2. The average Bonchev–Trinajstić information content (AvgIpc) is 2.60. The Balaban J connectivity index is 1.92. The fourth-order valence-electron chi connectivity index (χ4n) is 1.92. The van der Waals surface area contributed by atoms with Crippen LogP contribution in [0.4, 0.5) is 23.7 Å². The predicted octanol–water partition coefficient (Wildman–Crippen LogP) is 2.97. The van der Waals surface area contributed by atoms with Crippen molar-refractivity contribution in [2.45, 2.75) is 6.10 Å². The minimum Gasteiger partial charge on any atom is -0.497 e. The third-order valence-electron chi connectivity index (χ3n) is 3.24. The molecule has 2 amide bonds. The highest BCUT2D eigenvalue weighted by molar-refractivity contribution is 5.89. The Morgan fingerprint density at radius 1 is 1.12 bits per heavy atom. The third kappa shape index (κ3) is 4.17. The van der Waals surface area contributed by atoms with Gasteiger partial charge in [-0.05, 0) is 29.8 Å². The van der Waals surface area contributed by atoms with Crippen molar-refractivity contribution in [1.29, 1.82) is 0 Å². The maximum atomic E-state index is 13.4. The van der Waals surface area contributed by atoms with E-state index in [2.05, 4.69) is 5.32 Å². The van der Waals surface area contributed by atoms with Crippen LogP contribution in [-0.4, -0.2) is 24.8 Å². The lowest BCUT2D eigenvalue weighted by atomic mass is 10.1. The molecule has 1 unspecified atom stereocenters. The number of ether oxygens (including phenoxy) is 1. The number of hydrogen-bond donors (Lipinski definition) is 3. The number of hydrogen-bond acceptors (Lipinski definition) is 3. The lowest BCUT2D eigenvalue weighted by Gasteiger charge is -2.14. The standard InChI is InChI=1S/C16H15F3N2O3/c1-24-10-4-2-9(3-5-10)13(22)8-20-16(23)21-12-7-6-11(17)14(18)15(12)19/h2-7,13,22H,8H2,1H3,(H2,20,21,23). The molecular formula is C16H15F3N2O3. The number of urea groups is 1. The molecule has 24 heavy (non-hydrogen) atoms. The van der Waals surface area contributed by atoms with Gasteiger partial charge in [0, 0.05) is 6.54 Å². The molecule has 5 nitrogen and oxygen atoms in total. The molecule has 0 saturated carbocycles. The Morgan fingerprint density at radius 2 is 1.79 bits per heavy atom. The third-order valence-corrected chi connectivity index (χ3v) is 3.24. The van der Waals surface area contributed by atoms with Gasteiger partial charge < -0.3 is 20.5 Å². The molecule has 0 aliphatic rings. The van der Waals surface area contributed by atoms with Crippen LogP contribution in [0.25, 0.3) is 0 Å². The first-order valence-electron chi connectivity index (χ1n) is 6.92. The molecular weight excluding hydrogens is 325 g/mol. The normalized spacial score (nSPS) is 11.7. The van der Waals surface area contributed by atoms with Crippen molar-refractivity contribution in [3.8, 4) is 5.75 Å². The fourth-order valence-corrected chi connectivity index (χ4v) is 1.92. The van der Waals surface area contributed by atoms with Crippen molar-refractivity contribution in [1.82, 2.24) is 5.32 Å². The van der Waals surface area contributed by atoms with Gasteiger partial charge in [-0.2, -0.15) is 0 Å². The summed E-state index contributed by atoms with van der Waals surface area (Å²) in [6, 6.07) is 7.27. The van der Waals surface area contributed by atoms with E-state index in [-0.39, 0.29) is 6.54 Å². The molecule has 2 aromatic carbocycles. The number of anilines is 1. The molecule has 0 heterocycles. The van der Waals surface area contributed by atoms with Crippen LogP contribution in [0.2, 0.25) is 0 Å². The van der Waals surface area contributed by atoms with Crippen LogP contribution in [0, 0.1) is 17.5 Å². The van der Waals surface area contributed by atoms with Crippen LogP contribution in [0.15, 0.2) is 36.4 Å². The zero-order valence-electron chi connectivity index (χ0n) is 12.6. The second-order valence-corrected chi connectivity index (χ2v) is 4.85. The molecule has 0 bridgehead atoms. The molecule has 0 radical (unpaired) electrons. The van der Waals surface area contributed by atoms with Crippen molar-refractivity contribution in [2.75, 3.05) is 19.0 Å². The summed E-state index contributed by atoms with van der Waals surface area (Å²) in [5, 5.41) is 14.3. The zero-order valence-corrected chi connectivity index (χ0v) is 12.6. The number of amides is 2. The van der Waals surface area contributed by atoms with E-state index in [1.807, 2.05) is 5.32 Å². The van der Waals surface area contributed by atoms with Gasteiger partial charge >= 0.3 is 6.03 Å². The van der Waals surface area contributed by atoms with Crippen LogP contribution >= 0.6 is 0 Å². The molecule has 0 aliphatic carbocycles. The van der Waals surface area contributed by atoms with Gasteiger partial charge in [0.05, 0.1) is 18.9 Å². The number of methoxy groups -OCH3 is 1.